The Hall–Kier alpha value is -3.29. The first-order valence-corrected chi connectivity index (χ1v) is 11.7. The predicted molar refractivity (Wildman–Crippen MR) is 124 cm³/mol. The van der Waals surface area contributed by atoms with Crippen molar-refractivity contribution in [2.24, 2.45) is 5.92 Å². The lowest BCUT2D eigenvalue weighted by Gasteiger charge is -2.36. The molecule has 0 aliphatic carbocycles. The number of rotatable bonds is 5. The summed E-state index contributed by atoms with van der Waals surface area (Å²) in [5, 5.41) is 4.08. The van der Waals surface area contributed by atoms with E-state index in [4.69, 9.17) is 0 Å². The van der Waals surface area contributed by atoms with Crippen LogP contribution in [0.2, 0.25) is 0 Å². The maximum atomic E-state index is 13.8. The third kappa shape index (κ3) is 4.41. The number of halogens is 3. The highest BCUT2D eigenvalue weighted by molar-refractivity contribution is 6.00. The quantitative estimate of drug-likeness (QED) is 0.488. The number of amides is 1. The van der Waals surface area contributed by atoms with Gasteiger partial charge in [0.25, 0.3) is 5.91 Å². The fourth-order valence-electron chi connectivity index (χ4n) is 5.08. The number of carbonyl (C=O) groups is 1. The number of carbonyl (C=O) groups excluding carboxylic acids is 1. The third-order valence-corrected chi connectivity index (χ3v) is 6.88. The summed E-state index contributed by atoms with van der Waals surface area (Å²) in [4.78, 5) is 17.1. The number of benzene rings is 2. The standard InChI is InChI=1S/C26H27F3N4O/c27-26(28,29)23-14-16-32(21-9-5-2-6-10-21)24-22(17-30-33(23)24)25(34)31-15-13-20(18-31)12-11-19-7-3-1-4-8-19/h1-10,17,20,23H,11-16,18H2. The fraction of sp³-hybridized carbons (Fsp3) is 0.385. The van der Waals surface area contributed by atoms with E-state index in [2.05, 4.69) is 17.2 Å². The van der Waals surface area contributed by atoms with Crippen LogP contribution in [0.1, 0.15) is 41.2 Å². The molecule has 2 aliphatic rings. The number of fused-ring (bicyclic) bond motifs is 1. The zero-order chi connectivity index (χ0) is 23.7. The van der Waals surface area contributed by atoms with Gasteiger partial charge in [0.1, 0.15) is 11.4 Å². The van der Waals surface area contributed by atoms with E-state index in [1.807, 2.05) is 48.5 Å². The molecule has 5 nitrogen and oxygen atoms in total. The van der Waals surface area contributed by atoms with E-state index in [1.54, 1.807) is 9.80 Å². The number of hydrogen-bond acceptors (Lipinski definition) is 3. The molecule has 8 heteroatoms. The van der Waals surface area contributed by atoms with Crippen LogP contribution in [0.3, 0.4) is 0 Å². The van der Waals surface area contributed by atoms with Crippen LogP contribution in [0, 0.1) is 5.92 Å². The molecule has 178 valence electrons. The van der Waals surface area contributed by atoms with Crippen LogP contribution in [0.5, 0.6) is 0 Å². The minimum absolute atomic E-state index is 0.119. The molecular weight excluding hydrogens is 441 g/mol. The van der Waals surface area contributed by atoms with Gasteiger partial charge in [0, 0.05) is 25.3 Å². The number of anilines is 2. The van der Waals surface area contributed by atoms with Gasteiger partial charge < -0.3 is 9.80 Å². The summed E-state index contributed by atoms with van der Waals surface area (Å²) in [7, 11) is 0. The molecule has 2 aliphatic heterocycles. The van der Waals surface area contributed by atoms with E-state index in [0.29, 0.717) is 19.0 Å². The Labute approximate surface area is 196 Å². The topological polar surface area (TPSA) is 41.4 Å². The Morgan fingerprint density at radius 1 is 0.971 bits per heavy atom. The average Bonchev–Trinajstić information content (AvgIpc) is 3.50. The second kappa shape index (κ2) is 9.16. The molecule has 1 amide bonds. The Morgan fingerprint density at radius 2 is 1.68 bits per heavy atom. The summed E-state index contributed by atoms with van der Waals surface area (Å²) in [5.41, 5.74) is 2.26. The van der Waals surface area contributed by atoms with Gasteiger partial charge in [-0.1, -0.05) is 48.5 Å². The molecular formula is C26H27F3N4O. The first-order valence-electron chi connectivity index (χ1n) is 11.7. The summed E-state index contributed by atoms with van der Waals surface area (Å²) >= 11 is 0. The highest BCUT2D eigenvalue weighted by Crippen LogP contribution is 2.43. The molecule has 0 radical (unpaired) electrons. The van der Waals surface area contributed by atoms with Crippen LogP contribution < -0.4 is 4.90 Å². The first-order chi connectivity index (χ1) is 16.4. The summed E-state index contributed by atoms with van der Waals surface area (Å²) in [5.74, 6) is 0.369. The van der Waals surface area contributed by atoms with E-state index in [0.717, 1.165) is 29.6 Å². The van der Waals surface area contributed by atoms with Crippen molar-refractivity contribution >= 4 is 17.4 Å². The van der Waals surface area contributed by atoms with Crippen LogP contribution >= 0.6 is 0 Å². The Balaban J connectivity index is 1.38. The van der Waals surface area contributed by atoms with Crippen LogP contribution in [0.25, 0.3) is 0 Å². The van der Waals surface area contributed by atoms with E-state index < -0.39 is 12.2 Å². The minimum atomic E-state index is -4.43. The van der Waals surface area contributed by atoms with Gasteiger partial charge in [0.2, 0.25) is 0 Å². The molecule has 3 aromatic rings. The number of para-hydroxylation sites is 1. The summed E-state index contributed by atoms with van der Waals surface area (Å²) in [6.45, 7) is 1.39. The maximum Gasteiger partial charge on any atom is 0.410 e. The number of alkyl halides is 3. The molecule has 0 saturated carbocycles. The number of aryl methyl sites for hydroxylation is 1. The van der Waals surface area contributed by atoms with Crippen molar-refractivity contribution < 1.29 is 18.0 Å². The lowest BCUT2D eigenvalue weighted by Crippen LogP contribution is -2.39. The smallest absolute Gasteiger partial charge is 0.338 e. The molecule has 1 fully saturated rings. The summed E-state index contributed by atoms with van der Waals surface area (Å²) < 4.78 is 42.3. The van der Waals surface area contributed by atoms with E-state index in [9.17, 15) is 18.0 Å². The van der Waals surface area contributed by atoms with Crippen molar-refractivity contribution in [3.05, 3.63) is 78.0 Å². The van der Waals surface area contributed by atoms with Gasteiger partial charge in [0.05, 0.1) is 6.20 Å². The number of hydrogen-bond donors (Lipinski definition) is 0. The van der Waals surface area contributed by atoms with Crippen molar-refractivity contribution in [2.75, 3.05) is 24.5 Å². The third-order valence-electron chi connectivity index (χ3n) is 6.88. The maximum absolute atomic E-state index is 13.8. The van der Waals surface area contributed by atoms with Crippen LogP contribution in [0.15, 0.2) is 66.9 Å². The fourth-order valence-corrected chi connectivity index (χ4v) is 5.08. The van der Waals surface area contributed by atoms with E-state index in [1.165, 1.54) is 11.8 Å². The number of aromatic nitrogens is 2. The average molecular weight is 469 g/mol. The van der Waals surface area contributed by atoms with Gasteiger partial charge in [-0.05, 0) is 49.3 Å². The van der Waals surface area contributed by atoms with Gasteiger partial charge in [-0.15, -0.1) is 0 Å². The first kappa shape index (κ1) is 22.5. The number of nitrogens with zero attached hydrogens (tertiary/aromatic N) is 4. The Morgan fingerprint density at radius 3 is 2.38 bits per heavy atom. The molecule has 2 atom stereocenters. The van der Waals surface area contributed by atoms with Crippen molar-refractivity contribution in [1.29, 1.82) is 0 Å². The SMILES string of the molecule is O=C(c1cnn2c1N(c1ccccc1)CCC2C(F)(F)F)N1CCC(CCc2ccccc2)C1. The molecule has 3 heterocycles. The lowest BCUT2D eigenvalue weighted by molar-refractivity contribution is -0.172. The second-order valence-electron chi connectivity index (χ2n) is 9.09. The zero-order valence-electron chi connectivity index (χ0n) is 18.8. The van der Waals surface area contributed by atoms with E-state index >= 15 is 0 Å². The van der Waals surface area contributed by atoms with Gasteiger partial charge in [-0.2, -0.15) is 18.3 Å². The molecule has 0 N–H and O–H groups in total. The van der Waals surface area contributed by atoms with E-state index in [-0.39, 0.29) is 30.3 Å². The minimum Gasteiger partial charge on any atom is -0.338 e. The van der Waals surface area contributed by atoms with Gasteiger partial charge >= 0.3 is 6.18 Å². The van der Waals surface area contributed by atoms with Gasteiger partial charge in [0.15, 0.2) is 6.04 Å². The van der Waals surface area contributed by atoms with Crippen LogP contribution in [0.4, 0.5) is 24.7 Å². The normalized spacial score (nSPS) is 20.4. The van der Waals surface area contributed by atoms with Crippen LogP contribution in [-0.4, -0.2) is 46.4 Å². The molecule has 2 aromatic carbocycles. The van der Waals surface area contributed by atoms with Crippen molar-refractivity contribution in [3.63, 3.8) is 0 Å². The second-order valence-corrected chi connectivity index (χ2v) is 9.09. The molecule has 5 rings (SSSR count). The summed E-state index contributed by atoms with van der Waals surface area (Å²) in [6.07, 6.45) is -0.408. The molecule has 1 aromatic heterocycles. The summed E-state index contributed by atoms with van der Waals surface area (Å²) in [6, 6.07) is 17.7. The highest BCUT2D eigenvalue weighted by atomic mass is 19.4. The molecule has 0 spiro atoms. The molecule has 0 bridgehead atoms. The molecule has 2 unspecified atom stereocenters. The Bertz CT molecular complexity index is 1130. The largest absolute Gasteiger partial charge is 0.410 e. The lowest BCUT2D eigenvalue weighted by atomic mass is 9.99. The zero-order valence-corrected chi connectivity index (χ0v) is 18.8. The molecule has 1 saturated heterocycles. The number of likely N-dealkylation sites (tertiary alicyclic amines) is 1. The predicted octanol–water partition coefficient (Wildman–Crippen LogP) is 5.62. The van der Waals surface area contributed by atoms with Crippen LogP contribution in [-0.2, 0) is 6.42 Å². The van der Waals surface area contributed by atoms with Crippen molar-refractivity contribution in [1.82, 2.24) is 14.7 Å². The van der Waals surface area contributed by atoms with Crippen molar-refractivity contribution in [2.45, 2.75) is 37.9 Å². The van der Waals surface area contributed by atoms with Gasteiger partial charge in [-0.3, -0.25) is 4.79 Å². The van der Waals surface area contributed by atoms with Crippen molar-refractivity contribution in [3.8, 4) is 0 Å². The Kier molecular flexibility index (Phi) is 6.06. The highest BCUT2D eigenvalue weighted by Gasteiger charge is 2.47. The molecule has 34 heavy (non-hydrogen) atoms. The monoisotopic (exact) mass is 468 g/mol. The van der Waals surface area contributed by atoms with Gasteiger partial charge in [-0.25, -0.2) is 4.68 Å².